The SMILES string of the molecule is [2H]C([2H])(Nc1nccc(-c2cn(C(C)C)nc2-c2cc(Cl)cc(NS(C)(=O)=O)c2F)n1)[C@@H](C)NC(=O)OC. The molecule has 0 fully saturated rings. The number of halogens is 2. The predicted octanol–water partition coefficient (Wildman–Crippen LogP) is 3.91. The van der Waals surface area contributed by atoms with Gasteiger partial charge in [0.15, 0.2) is 5.82 Å². The zero-order chi connectivity index (χ0) is 28.4. The minimum atomic E-state index is -3.80. The quantitative estimate of drug-likeness (QED) is 0.370. The van der Waals surface area contributed by atoms with E-state index in [1.807, 2.05) is 13.8 Å². The Bertz CT molecular complexity index is 1450. The van der Waals surface area contributed by atoms with Gasteiger partial charge >= 0.3 is 6.09 Å². The van der Waals surface area contributed by atoms with Crippen molar-refractivity contribution >= 4 is 39.4 Å². The number of sulfonamides is 1. The van der Waals surface area contributed by atoms with Gasteiger partial charge < -0.3 is 15.4 Å². The summed E-state index contributed by atoms with van der Waals surface area (Å²) < 4.78 is 63.7. The summed E-state index contributed by atoms with van der Waals surface area (Å²) in [6.07, 6.45) is 3.09. The van der Waals surface area contributed by atoms with Crippen LogP contribution in [0.25, 0.3) is 22.5 Å². The Morgan fingerprint density at radius 1 is 1.31 bits per heavy atom. The monoisotopic (exact) mass is 541 g/mol. The van der Waals surface area contributed by atoms with Crippen LogP contribution in [-0.2, 0) is 14.8 Å². The Kier molecular flexibility index (Phi) is 7.47. The Balaban J connectivity index is 2.09. The molecule has 3 aromatic rings. The second-order valence-electron chi connectivity index (χ2n) is 8.05. The molecule has 2 aromatic heterocycles. The second kappa shape index (κ2) is 11.1. The summed E-state index contributed by atoms with van der Waals surface area (Å²) in [5.41, 5.74) is 0.342. The summed E-state index contributed by atoms with van der Waals surface area (Å²) in [6, 6.07) is 2.85. The van der Waals surface area contributed by atoms with Gasteiger partial charge in [-0.15, -0.1) is 0 Å². The molecule has 0 aliphatic heterocycles. The summed E-state index contributed by atoms with van der Waals surface area (Å²) in [5, 5.41) is 9.46. The zero-order valence-corrected chi connectivity index (χ0v) is 21.7. The first-order chi connectivity index (χ1) is 17.6. The van der Waals surface area contributed by atoms with E-state index in [0.717, 1.165) is 19.4 Å². The highest BCUT2D eigenvalue weighted by Crippen LogP contribution is 2.37. The number of methoxy groups -OCH3 is 1. The van der Waals surface area contributed by atoms with Crippen molar-refractivity contribution < 1.29 is 25.1 Å². The highest BCUT2D eigenvalue weighted by Gasteiger charge is 2.22. The number of carbonyl (C=O) groups excluding carboxylic acids is 1. The molecule has 0 bridgehead atoms. The molecule has 3 N–H and O–H groups in total. The van der Waals surface area contributed by atoms with E-state index in [0.29, 0.717) is 5.56 Å². The third-order valence-electron chi connectivity index (χ3n) is 4.70. The maximum atomic E-state index is 15.5. The van der Waals surface area contributed by atoms with Crippen LogP contribution < -0.4 is 15.4 Å². The molecule has 3 rings (SSSR count). The Morgan fingerprint density at radius 3 is 2.67 bits per heavy atom. The van der Waals surface area contributed by atoms with Crippen LogP contribution in [0.5, 0.6) is 0 Å². The number of hydrogen-bond donors (Lipinski definition) is 3. The predicted molar refractivity (Wildman–Crippen MR) is 136 cm³/mol. The molecule has 14 heteroatoms. The molecular weight excluding hydrogens is 513 g/mol. The van der Waals surface area contributed by atoms with Gasteiger partial charge in [0.05, 0.1) is 27.5 Å². The molecular formula is C22H27ClFN7O4S. The van der Waals surface area contributed by atoms with Gasteiger partial charge in [-0.25, -0.2) is 27.6 Å². The number of carbonyl (C=O) groups is 1. The van der Waals surface area contributed by atoms with Crippen molar-refractivity contribution in [3.63, 3.8) is 0 Å². The molecule has 11 nitrogen and oxygen atoms in total. The summed E-state index contributed by atoms with van der Waals surface area (Å²) in [7, 11) is -2.64. The zero-order valence-electron chi connectivity index (χ0n) is 22.1. The molecule has 0 aliphatic rings. The van der Waals surface area contributed by atoms with Gasteiger partial charge in [0.25, 0.3) is 0 Å². The average molecular weight is 542 g/mol. The van der Waals surface area contributed by atoms with Gasteiger partial charge in [-0.3, -0.25) is 9.40 Å². The van der Waals surface area contributed by atoms with E-state index in [-0.39, 0.29) is 39.7 Å². The molecule has 194 valence electrons. The normalized spacial score (nSPS) is 13.6. The van der Waals surface area contributed by atoms with Gasteiger partial charge in [-0.2, -0.15) is 5.10 Å². The first-order valence-corrected chi connectivity index (χ1v) is 12.9. The number of nitrogens with one attached hydrogen (secondary N) is 3. The molecule has 0 saturated heterocycles. The number of aromatic nitrogens is 4. The number of alkyl carbamates (subject to hydrolysis) is 1. The fourth-order valence-electron chi connectivity index (χ4n) is 3.09. The number of hydrogen-bond acceptors (Lipinski definition) is 8. The van der Waals surface area contributed by atoms with Gasteiger partial charge in [0.1, 0.15) is 5.69 Å². The third kappa shape index (κ3) is 6.82. The number of rotatable bonds is 9. The third-order valence-corrected chi connectivity index (χ3v) is 5.51. The molecule has 0 unspecified atom stereocenters. The van der Waals surface area contributed by atoms with Crippen LogP contribution >= 0.6 is 11.6 Å². The standard InChI is InChI=1S/C22H27ClFN7O4S/c1-12(2)31-11-16(17-6-7-25-21(28-17)26-10-13(3)27-22(32)35-4)20(29-31)15-8-14(23)9-18(19(15)24)30-36(5,33)34/h6-9,11-13,30H,10H2,1-5H3,(H,27,32)(H,25,26,28)/t13-/m1/s1/i10D2. The van der Waals surface area contributed by atoms with Crippen LogP contribution in [0.3, 0.4) is 0 Å². The van der Waals surface area contributed by atoms with Gasteiger partial charge in [0, 0.05) is 47.1 Å². The summed E-state index contributed by atoms with van der Waals surface area (Å²) in [6.45, 7) is 2.98. The lowest BCUT2D eigenvalue weighted by atomic mass is 10.0. The first-order valence-electron chi connectivity index (χ1n) is 11.6. The number of anilines is 2. The lowest BCUT2D eigenvalue weighted by Crippen LogP contribution is -2.37. The minimum absolute atomic E-state index is 0.0719. The van der Waals surface area contributed by atoms with E-state index in [1.165, 1.54) is 25.3 Å². The second-order valence-corrected chi connectivity index (χ2v) is 10.2. The van der Waals surface area contributed by atoms with E-state index < -0.39 is 34.5 Å². The molecule has 1 atom stereocenters. The van der Waals surface area contributed by atoms with Crippen molar-refractivity contribution in [2.75, 3.05) is 29.9 Å². The lowest BCUT2D eigenvalue weighted by molar-refractivity contribution is 0.168. The van der Waals surface area contributed by atoms with E-state index in [4.69, 9.17) is 14.3 Å². The molecule has 0 aliphatic carbocycles. The largest absolute Gasteiger partial charge is 0.453 e. The van der Waals surface area contributed by atoms with Crippen LogP contribution in [0.4, 0.5) is 20.8 Å². The van der Waals surface area contributed by atoms with Gasteiger partial charge in [-0.1, -0.05) is 11.6 Å². The maximum absolute atomic E-state index is 15.5. The molecule has 2 heterocycles. The van der Waals surface area contributed by atoms with Gasteiger partial charge in [0.2, 0.25) is 16.0 Å². The summed E-state index contributed by atoms with van der Waals surface area (Å²) in [5.74, 6) is -0.998. The lowest BCUT2D eigenvalue weighted by Gasteiger charge is -2.14. The molecule has 1 amide bonds. The Morgan fingerprint density at radius 2 is 2.03 bits per heavy atom. The van der Waals surface area contributed by atoms with Crippen LogP contribution in [-0.4, -0.2) is 60.2 Å². The number of nitrogens with zero attached hydrogens (tertiary/aromatic N) is 4. The van der Waals surface area contributed by atoms with Crippen LogP contribution in [0.15, 0.2) is 30.6 Å². The Labute approximate surface area is 216 Å². The smallest absolute Gasteiger partial charge is 0.407 e. The summed E-state index contributed by atoms with van der Waals surface area (Å²) in [4.78, 5) is 19.9. The molecule has 1 aromatic carbocycles. The van der Waals surface area contributed by atoms with E-state index >= 15 is 4.39 Å². The molecule has 0 saturated carbocycles. The number of ether oxygens (including phenoxy) is 1. The van der Waals surface area contributed by atoms with Gasteiger partial charge in [-0.05, 0) is 39.0 Å². The van der Waals surface area contributed by atoms with Crippen molar-refractivity contribution in [2.24, 2.45) is 0 Å². The van der Waals surface area contributed by atoms with Crippen LogP contribution in [0.2, 0.25) is 5.02 Å². The molecule has 36 heavy (non-hydrogen) atoms. The van der Waals surface area contributed by atoms with E-state index in [9.17, 15) is 13.2 Å². The highest BCUT2D eigenvalue weighted by molar-refractivity contribution is 7.92. The van der Waals surface area contributed by atoms with Crippen LogP contribution in [0, 0.1) is 5.82 Å². The maximum Gasteiger partial charge on any atom is 0.407 e. The molecule has 0 radical (unpaired) electrons. The topological polar surface area (TPSA) is 140 Å². The van der Waals surface area contributed by atoms with Crippen molar-refractivity contribution in [3.05, 3.63) is 41.4 Å². The van der Waals surface area contributed by atoms with E-state index in [1.54, 1.807) is 10.9 Å². The van der Waals surface area contributed by atoms with Crippen LogP contribution in [0.1, 0.15) is 29.6 Å². The Hall–Kier alpha value is -3.45. The molecule has 0 spiro atoms. The minimum Gasteiger partial charge on any atom is -0.453 e. The summed E-state index contributed by atoms with van der Waals surface area (Å²) >= 11 is 6.19. The highest BCUT2D eigenvalue weighted by atomic mass is 35.5. The van der Waals surface area contributed by atoms with Crippen molar-refractivity contribution in [2.45, 2.75) is 32.9 Å². The fraction of sp³-hybridized carbons (Fsp3) is 0.364. The van der Waals surface area contributed by atoms with Crippen molar-refractivity contribution in [3.8, 4) is 22.5 Å². The number of amides is 1. The van der Waals surface area contributed by atoms with Crippen molar-refractivity contribution in [1.82, 2.24) is 25.1 Å². The fourth-order valence-corrected chi connectivity index (χ4v) is 3.86. The van der Waals surface area contributed by atoms with Crippen molar-refractivity contribution in [1.29, 1.82) is 0 Å². The number of benzene rings is 1. The van der Waals surface area contributed by atoms with E-state index in [2.05, 4.69) is 35.2 Å². The first kappa shape index (κ1) is 24.3. The average Bonchev–Trinajstić information content (AvgIpc) is 3.25.